The first-order valence-electron chi connectivity index (χ1n) is 4.74. The lowest BCUT2D eigenvalue weighted by atomic mass is 10.2. The topological polar surface area (TPSA) is 34.4 Å². The van der Waals surface area contributed by atoms with Gasteiger partial charge in [0.1, 0.15) is 0 Å². The number of allylic oxidation sites excluding steroid dienone is 2. The van der Waals surface area contributed by atoms with Crippen molar-refractivity contribution >= 4 is 22.1 Å². The van der Waals surface area contributed by atoms with Crippen LogP contribution in [0.1, 0.15) is 19.5 Å². The zero-order valence-corrected chi connectivity index (χ0v) is 9.54. The molecule has 0 fully saturated rings. The summed E-state index contributed by atoms with van der Waals surface area (Å²) in [4.78, 5) is 16.8. The van der Waals surface area contributed by atoms with Gasteiger partial charge in [-0.05, 0) is 19.9 Å². The number of imidazole rings is 1. The van der Waals surface area contributed by atoms with Gasteiger partial charge in [0, 0.05) is 17.8 Å². The highest BCUT2D eigenvalue weighted by Gasteiger charge is 2.05. The molecule has 2 rings (SSSR count). The summed E-state index contributed by atoms with van der Waals surface area (Å²) in [7, 11) is 0. The van der Waals surface area contributed by atoms with Gasteiger partial charge in [0.15, 0.2) is 10.7 Å². The van der Waals surface area contributed by atoms with Crippen LogP contribution in [0.25, 0.3) is 4.96 Å². The maximum Gasteiger partial charge on any atom is 0.193 e. The van der Waals surface area contributed by atoms with E-state index in [9.17, 15) is 4.79 Å². The van der Waals surface area contributed by atoms with Crippen LogP contribution in [0, 0.1) is 0 Å². The Hall–Kier alpha value is -1.42. The monoisotopic (exact) mass is 220 g/mol. The molecule has 0 aliphatic rings. The summed E-state index contributed by atoms with van der Waals surface area (Å²) in [6.45, 7) is 3.84. The molecule has 0 atom stereocenters. The molecule has 3 nitrogen and oxygen atoms in total. The molecule has 0 saturated carbocycles. The van der Waals surface area contributed by atoms with Gasteiger partial charge in [-0.2, -0.15) is 0 Å². The van der Waals surface area contributed by atoms with Crippen molar-refractivity contribution in [3.8, 4) is 0 Å². The lowest BCUT2D eigenvalue weighted by Crippen LogP contribution is -1.99. The molecule has 78 valence electrons. The molecule has 0 aliphatic heterocycles. The van der Waals surface area contributed by atoms with E-state index in [1.54, 1.807) is 17.4 Å². The number of aromatic nitrogens is 2. The fraction of sp³-hybridized carbons (Fsp3) is 0.273. The summed E-state index contributed by atoms with van der Waals surface area (Å²) in [6, 6.07) is 0. The average molecular weight is 220 g/mol. The highest BCUT2D eigenvalue weighted by molar-refractivity contribution is 7.15. The minimum Gasteiger partial charge on any atom is -0.297 e. The second-order valence-electron chi connectivity index (χ2n) is 3.69. The van der Waals surface area contributed by atoms with Gasteiger partial charge >= 0.3 is 0 Å². The first-order valence-corrected chi connectivity index (χ1v) is 5.62. The minimum absolute atomic E-state index is 0.112. The Balaban J connectivity index is 2.16. The maximum absolute atomic E-state index is 11.5. The van der Waals surface area contributed by atoms with Gasteiger partial charge < -0.3 is 0 Å². The van der Waals surface area contributed by atoms with Gasteiger partial charge in [-0.15, -0.1) is 11.3 Å². The molecule has 15 heavy (non-hydrogen) atoms. The van der Waals surface area contributed by atoms with E-state index < -0.39 is 0 Å². The lowest BCUT2D eigenvalue weighted by molar-refractivity contribution is -0.114. The molecule has 2 aromatic heterocycles. The van der Waals surface area contributed by atoms with Gasteiger partial charge in [0.05, 0.1) is 12.1 Å². The van der Waals surface area contributed by atoms with Crippen LogP contribution in [0.5, 0.6) is 0 Å². The molecule has 2 aromatic rings. The zero-order valence-electron chi connectivity index (χ0n) is 8.73. The largest absolute Gasteiger partial charge is 0.297 e. The smallest absolute Gasteiger partial charge is 0.193 e. The highest BCUT2D eigenvalue weighted by Crippen LogP contribution is 2.12. The summed E-state index contributed by atoms with van der Waals surface area (Å²) >= 11 is 1.57. The Morgan fingerprint density at radius 3 is 3.07 bits per heavy atom. The number of carbonyl (C=O) groups excluding carboxylic acids is 1. The molecule has 0 aliphatic carbocycles. The minimum atomic E-state index is 0.112. The van der Waals surface area contributed by atoms with E-state index >= 15 is 0 Å². The van der Waals surface area contributed by atoms with Crippen molar-refractivity contribution in [2.75, 3.05) is 0 Å². The SMILES string of the molecule is CC(C)=CC(=O)Cc1cn2ccsc2n1. The molecule has 0 unspecified atom stereocenters. The molecule has 0 N–H and O–H groups in total. The van der Waals surface area contributed by atoms with Crippen molar-refractivity contribution in [2.45, 2.75) is 20.3 Å². The van der Waals surface area contributed by atoms with E-state index in [0.29, 0.717) is 6.42 Å². The Labute approximate surface area is 92.1 Å². The number of ketones is 1. The zero-order chi connectivity index (χ0) is 10.8. The molecular formula is C11H12N2OS. The van der Waals surface area contributed by atoms with Crippen molar-refractivity contribution in [1.29, 1.82) is 0 Å². The van der Waals surface area contributed by atoms with E-state index in [2.05, 4.69) is 4.98 Å². The third kappa shape index (κ3) is 2.33. The number of hydrogen-bond acceptors (Lipinski definition) is 3. The summed E-state index contributed by atoms with van der Waals surface area (Å²) in [5, 5.41) is 1.98. The van der Waals surface area contributed by atoms with Crippen LogP contribution in [0.15, 0.2) is 29.4 Å². The predicted molar refractivity (Wildman–Crippen MR) is 61.2 cm³/mol. The highest BCUT2D eigenvalue weighted by atomic mass is 32.1. The van der Waals surface area contributed by atoms with Crippen LogP contribution in [-0.2, 0) is 11.2 Å². The van der Waals surface area contributed by atoms with Crippen LogP contribution in [-0.4, -0.2) is 15.2 Å². The fourth-order valence-corrected chi connectivity index (χ4v) is 2.13. The lowest BCUT2D eigenvalue weighted by Gasteiger charge is -1.91. The van der Waals surface area contributed by atoms with Crippen LogP contribution >= 0.6 is 11.3 Å². The molecule has 0 amide bonds. The molecule has 0 saturated heterocycles. The summed E-state index contributed by atoms with van der Waals surface area (Å²) in [6.07, 6.45) is 5.90. The molecule has 0 spiro atoms. The maximum atomic E-state index is 11.5. The van der Waals surface area contributed by atoms with E-state index in [-0.39, 0.29) is 5.78 Å². The van der Waals surface area contributed by atoms with Gasteiger partial charge in [0.25, 0.3) is 0 Å². The summed E-state index contributed by atoms with van der Waals surface area (Å²) in [5.74, 6) is 0.112. The van der Waals surface area contributed by atoms with Gasteiger partial charge in [0.2, 0.25) is 0 Å². The van der Waals surface area contributed by atoms with Crippen LogP contribution in [0.2, 0.25) is 0 Å². The van der Waals surface area contributed by atoms with Gasteiger partial charge in [-0.1, -0.05) is 5.57 Å². The average Bonchev–Trinajstić information content (AvgIpc) is 2.60. The molecule has 0 aromatic carbocycles. The third-order valence-corrected chi connectivity index (χ3v) is 2.72. The second kappa shape index (κ2) is 3.98. The molecule has 4 heteroatoms. The number of fused-ring (bicyclic) bond motifs is 1. The van der Waals surface area contributed by atoms with Crippen molar-refractivity contribution < 1.29 is 4.79 Å². The molecular weight excluding hydrogens is 208 g/mol. The number of carbonyl (C=O) groups is 1. The number of thiazole rings is 1. The number of rotatable bonds is 3. The quantitative estimate of drug-likeness (QED) is 0.745. The van der Waals surface area contributed by atoms with Crippen LogP contribution < -0.4 is 0 Å². The summed E-state index contributed by atoms with van der Waals surface area (Å²) < 4.78 is 1.94. The van der Waals surface area contributed by atoms with Crippen molar-refractivity contribution in [3.05, 3.63) is 35.1 Å². The molecule has 0 bridgehead atoms. The van der Waals surface area contributed by atoms with Crippen LogP contribution in [0.4, 0.5) is 0 Å². The fourth-order valence-electron chi connectivity index (χ4n) is 1.41. The first-order chi connectivity index (χ1) is 7.15. The van der Waals surface area contributed by atoms with Crippen molar-refractivity contribution in [2.24, 2.45) is 0 Å². The van der Waals surface area contributed by atoms with E-state index in [1.807, 2.05) is 36.0 Å². The van der Waals surface area contributed by atoms with E-state index in [1.165, 1.54) is 0 Å². The first kappa shape index (κ1) is 10.1. The Bertz CT molecular complexity index is 489. The van der Waals surface area contributed by atoms with Gasteiger partial charge in [-0.3, -0.25) is 9.20 Å². The Morgan fingerprint density at radius 1 is 1.60 bits per heavy atom. The molecule has 2 heterocycles. The Kier molecular flexibility index (Phi) is 2.68. The van der Waals surface area contributed by atoms with Crippen LogP contribution in [0.3, 0.4) is 0 Å². The second-order valence-corrected chi connectivity index (χ2v) is 4.56. The van der Waals surface area contributed by atoms with Gasteiger partial charge in [-0.25, -0.2) is 4.98 Å². The standard InChI is InChI=1S/C11H12N2OS/c1-8(2)5-10(14)6-9-7-13-3-4-15-11(13)12-9/h3-5,7H,6H2,1-2H3. The van der Waals surface area contributed by atoms with Crippen molar-refractivity contribution in [1.82, 2.24) is 9.38 Å². The summed E-state index contributed by atoms with van der Waals surface area (Å²) in [5.41, 5.74) is 1.87. The number of nitrogens with zero attached hydrogens (tertiary/aromatic N) is 2. The third-order valence-electron chi connectivity index (χ3n) is 1.95. The normalized spacial score (nSPS) is 10.5. The predicted octanol–water partition coefficient (Wildman–Crippen LogP) is 2.47. The molecule has 0 radical (unpaired) electrons. The van der Waals surface area contributed by atoms with E-state index in [0.717, 1.165) is 16.2 Å². The van der Waals surface area contributed by atoms with Crippen molar-refractivity contribution in [3.63, 3.8) is 0 Å². The Morgan fingerprint density at radius 2 is 2.40 bits per heavy atom. The van der Waals surface area contributed by atoms with E-state index in [4.69, 9.17) is 0 Å². The number of hydrogen-bond donors (Lipinski definition) is 0.